The van der Waals surface area contributed by atoms with Gasteiger partial charge < -0.3 is 9.47 Å². The first-order chi connectivity index (χ1) is 17.7. The molecule has 0 bridgehead atoms. The minimum atomic E-state index is -0.567. The summed E-state index contributed by atoms with van der Waals surface area (Å²) in [5.41, 5.74) is 1.50. The molecule has 0 aliphatic carbocycles. The van der Waals surface area contributed by atoms with Crippen LogP contribution in [-0.4, -0.2) is 40.4 Å². The van der Waals surface area contributed by atoms with Gasteiger partial charge in [0.2, 0.25) is 0 Å². The molecular formula is C26H19ClN2O7S. The smallest absolute Gasteiger partial charge is 0.293 e. The Balaban J connectivity index is 1.46. The summed E-state index contributed by atoms with van der Waals surface area (Å²) in [6, 6.07) is 17.3. The van der Waals surface area contributed by atoms with Crippen LogP contribution in [0.2, 0.25) is 5.02 Å². The summed E-state index contributed by atoms with van der Waals surface area (Å²) < 4.78 is 11.2. The molecule has 188 valence electrons. The molecule has 2 amide bonds. The molecule has 3 aromatic rings. The molecule has 9 nitrogen and oxygen atoms in total. The van der Waals surface area contributed by atoms with Crippen LogP contribution in [0.3, 0.4) is 0 Å². The van der Waals surface area contributed by atoms with E-state index in [4.69, 9.17) is 21.1 Å². The highest BCUT2D eigenvalue weighted by Crippen LogP contribution is 2.35. The van der Waals surface area contributed by atoms with Crippen molar-refractivity contribution in [3.8, 4) is 11.5 Å². The zero-order valence-corrected chi connectivity index (χ0v) is 21.0. The van der Waals surface area contributed by atoms with Gasteiger partial charge in [0.05, 0.1) is 23.5 Å². The van der Waals surface area contributed by atoms with Crippen LogP contribution in [0.1, 0.15) is 21.5 Å². The van der Waals surface area contributed by atoms with E-state index in [1.807, 2.05) is 0 Å². The summed E-state index contributed by atoms with van der Waals surface area (Å²) in [7, 11) is 1.45. The highest BCUT2D eigenvalue weighted by Gasteiger charge is 2.36. The summed E-state index contributed by atoms with van der Waals surface area (Å²) in [6.45, 7) is -0.296. The number of imide groups is 1. The van der Waals surface area contributed by atoms with Gasteiger partial charge in [-0.15, -0.1) is 0 Å². The Labute approximate surface area is 220 Å². The van der Waals surface area contributed by atoms with Gasteiger partial charge in [-0.25, -0.2) is 0 Å². The molecular weight excluding hydrogens is 520 g/mol. The van der Waals surface area contributed by atoms with Crippen LogP contribution in [-0.2, 0) is 11.4 Å². The number of methoxy groups -OCH3 is 1. The number of benzene rings is 3. The number of hydrogen-bond acceptors (Lipinski definition) is 8. The number of thioether (sulfide) groups is 1. The number of ketones is 1. The second-order valence-electron chi connectivity index (χ2n) is 7.82. The summed E-state index contributed by atoms with van der Waals surface area (Å²) in [4.78, 5) is 49.4. The quantitative estimate of drug-likeness (QED) is 0.146. The van der Waals surface area contributed by atoms with Crippen LogP contribution in [0.5, 0.6) is 11.5 Å². The molecule has 0 unspecified atom stereocenters. The summed E-state index contributed by atoms with van der Waals surface area (Å²) in [5, 5.41) is 10.9. The zero-order chi connectivity index (χ0) is 26.5. The largest absolute Gasteiger partial charge is 0.493 e. The molecule has 1 heterocycles. The average Bonchev–Trinajstić information content (AvgIpc) is 3.15. The SMILES string of the molecule is COc1cc(/C=C2/SC(=O)N(CC(=O)c3ccc(Cl)cc3)C2=O)ccc1OCc1cccc([N+](=O)[O-])c1. The number of hydrogen-bond donors (Lipinski definition) is 0. The van der Waals surface area contributed by atoms with Crippen LogP contribution in [0.4, 0.5) is 10.5 Å². The molecule has 4 rings (SSSR count). The van der Waals surface area contributed by atoms with Crippen molar-refractivity contribution in [3.05, 3.63) is 103 Å². The van der Waals surface area contributed by atoms with Gasteiger partial charge in [0, 0.05) is 22.7 Å². The molecule has 1 aliphatic rings. The van der Waals surface area contributed by atoms with Crippen molar-refractivity contribution >= 4 is 52.1 Å². The van der Waals surface area contributed by atoms with E-state index in [1.54, 1.807) is 42.5 Å². The lowest BCUT2D eigenvalue weighted by molar-refractivity contribution is -0.384. The van der Waals surface area contributed by atoms with Crippen molar-refractivity contribution in [2.24, 2.45) is 0 Å². The first kappa shape index (κ1) is 25.9. The summed E-state index contributed by atoms with van der Waals surface area (Å²) in [5.74, 6) is -0.182. The fourth-order valence-corrected chi connectivity index (χ4v) is 4.44. The standard InChI is InChI=1S/C26H19ClN2O7S/c1-35-23-12-16(5-10-22(23)36-15-17-3-2-4-20(11-17)29(33)34)13-24-25(31)28(26(32)37-24)14-21(30)18-6-8-19(27)9-7-18/h2-13H,14-15H2,1H3/b24-13+. The number of rotatable bonds is 9. The number of ether oxygens (including phenoxy) is 2. The number of non-ortho nitro benzene ring substituents is 1. The van der Waals surface area contributed by atoms with Gasteiger partial charge in [-0.2, -0.15) is 0 Å². The number of halogens is 1. The molecule has 1 fully saturated rings. The average molecular weight is 539 g/mol. The van der Waals surface area contributed by atoms with E-state index in [9.17, 15) is 24.5 Å². The first-order valence-electron chi connectivity index (χ1n) is 10.8. The summed E-state index contributed by atoms with van der Waals surface area (Å²) in [6.07, 6.45) is 1.53. The predicted octanol–water partition coefficient (Wildman–Crippen LogP) is 5.76. The Bertz CT molecular complexity index is 1420. The molecule has 0 saturated carbocycles. The van der Waals surface area contributed by atoms with Gasteiger partial charge in [0.15, 0.2) is 17.3 Å². The second kappa shape index (κ2) is 11.3. The highest BCUT2D eigenvalue weighted by molar-refractivity contribution is 8.18. The van der Waals surface area contributed by atoms with Crippen molar-refractivity contribution in [1.29, 1.82) is 0 Å². The normalized spacial score (nSPS) is 14.2. The van der Waals surface area contributed by atoms with Crippen LogP contribution in [0, 0.1) is 10.1 Å². The fraction of sp³-hybridized carbons (Fsp3) is 0.115. The Morgan fingerprint density at radius 1 is 1.08 bits per heavy atom. The van der Waals surface area contributed by atoms with Crippen molar-refractivity contribution in [1.82, 2.24) is 4.90 Å². The van der Waals surface area contributed by atoms with Gasteiger partial charge >= 0.3 is 0 Å². The third-order valence-corrected chi connectivity index (χ3v) is 6.50. The number of nitro groups is 1. The molecule has 0 spiro atoms. The molecule has 0 atom stereocenters. The number of Topliss-reactive ketones (excluding diaryl/α,β-unsaturated/α-hetero) is 1. The fourth-order valence-electron chi connectivity index (χ4n) is 3.47. The highest BCUT2D eigenvalue weighted by atomic mass is 35.5. The van der Waals surface area contributed by atoms with Gasteiger partial charge in [-0.05, 0) is 65.4 Å². The lowest BCUT2D eigenvalue weighted by Crippen LogP contribution is -2.33. The molecule has 3 aromatic carbocycles. The molecule has 0 radical (unpaired) electrons. The third kappa shape index (κ3) is 6.16. The van der Waals surface area contributed by atoms with E-state index in [1.165, 1.54) is 37.5 Å². The molecule has 0 aromatic heterocycles. The van der Waals surface area contributed by atoms with E-state index in [-0.39, 0.29) is 29.5 Å². The Kier molecular flexibility index (Phi) is 7.90. The monoisotopic (exact) mass is 538 g/mol. The number of nitrogens with zero attached hydrogens (tertiary/aromatic N) is 2. The lowest BCUT2D eigenvalue weighted by Gasteiger charge is -2.12. The topological polar surface area (TPSA) is 116 Å². The van der Waals surface area contributed by atoms with Gasteiger partial charge in [-0.3, -0.25) is 29.4 Å². The third-order valence-electron chi connectivity index (χ3n) is 5.34. The van der Waals surface area contributed by atoms with Crippen LogP contribution in [0.25, 0.3) is 6.08 Å². The molecule has 1 saturated heterocycles. The van der Waals surface area contributed by atoms with Crippen molar-refractivity contribution in [2.45, 2.75) is 6.61 Å². The van der Waals surface area contributed by atoms with E-state index in [0.29, 0.717) is 33.2 Å². The maximum atomic E-state index is 12.8. The first-order valence-corrected chi connectivity index (χ1v) is 12.0. The van der Waals surface area contributed by atoms with E-state index < -0.39 is 16.1 Å². The van der Waals surface area contributed by atoms with E-state index >= 15 is 0 Å². The minimum Gasteiger partial charge on any atom is -0.493 e. The number of carbonyl (C=O) groups is 3. The molecule has 1 aliphatic heterocycles. The Hall–Kier alpha value is -4.15. The number of amides is 2. The van der Waals surface area contributed by atoms with Gasteiger partial charge in [-0.1, -0.05) is 29.8 Å². The second-order valence-corrected chi connectivity index (χ2v) is 9.25. The van der Waals surface area contributed by atoms with Crippen molar-refractivity contribution in [3.63, 3.8) is 0 Å². The van der Waals surface area contributed by atoms with Crippen LogP contribution < -0.4 is 9.47 Å². The van der Waals surface area contributed by atoms with Crippen LogP contribution >= 0.6 is 23.4 Å². The zero-order valence-electron chi connectivity index (χ0n) is 19.4. The van der Waals surface area contributed by atoms with Crippen molar-refractivity contribution in [2.75, 3.05) is 13.7 Å². The predicted molar refractivity (Wildman–Crippen MR) is 139 cm³/mol. The Morgan fingerprint density at radius 2 is 1.84 bits per heavy atom. The summed E-state index contributed by atoms with van der Waals surface area (Å²) >= 11 is 6.59. The molecule has 11 heteroatoms. The van der Waals surface area contributed by atoms with Crippen molar-refractivity contribution < 1.29 is 28.8 Å². The number of nitro benzene ring substituents is 1. The minimum absolute atomic E-state index is 0.0350. The van der Waals surface area contributed by atoms with E-state index in [0.717, 1.165) is 16.7 Å². The van der Waals surface area contributed by atoms with Gasteiger partial charge in [0.1, 0.15) is 6.61 Å². The molecule has 37 heavy (non-hydrogen) atoms. The molecule has 0 N–H and O–H groups in total. The lowest BCUT2D eigenvalue weighted by atomic mass is 10.1. The Morgan fingerprint density at radius 3 is 2.54 bits per heavy atom. The van der Waals surface area contributed by atoms with Crippen LogP contribution in [0.15, 0.2) is 71.6 Å². The van der Waals surface area contributed by atoms with Gasteiger partial charge in [0.25, 0.3) is 16.8 Å². The maximum Gasteiger partial charge on any atom is 0.293 e. The van der Waals surface area contributed by atoms with E-state index in [2.05, 4.69) is 0 Å². The maximum absolute atomic E-state index is 12.8. The number of carbonyl (C=O) groups excluding carboxylic acids is 3.